The second-order valence-corrected chi connectivity index (χ2v) is 7.26. The number of rotatable bonds is 5. The number of aromatic carboxylic acids is 1. The van der Waals surface area contributed by atoms with E-state index in [1.54, 1.807) is 6.07 Å². The maximum atomic E-state index is 12.2. The van der Waals surface area contributed by atoms with Crippen molar-refractivity contribution in [3.05, 3.63) is 40.8 Å². The number of thiophene rings is 1. The third-order valence-corrected chi connectivity index (χ3v) is 5.85. The van der Waals surface area contributed by atoms with Gasteiger partial charge in [-0.15, -0.1) is 11.3 Å². The van der Waals surface area contributed by atoms with Crippen molar-refractivity contribution in [2.24, 2.45) is 0 Å². The van der Waals surface area contributed by atoms with Crippen LogP contribution in [0.5, 0.6) is 5.75 Å². The molecule has 0 aliphatic heterocycles. The average molecular weight is 327 g/mol. The number of carbonyl (C=O) groups is 1. The number of hydrogen-bond acceptors (Lipinski definition) is 5. The SMILES string of the molecule is CCc1ccc(S(=O)(=O)Nc2cccc(C(=O)O)c2O)s1. The minimum absolute atomic E-state index is 0.111. The summed E-state index contributed by atoms with van der Waals surface area (Å²) in [6.45, 7) is 1.91. The van der Waals surface area contributed by atoms with Crippen molar-refractivity contribution < 1.29 is 23.4 Å². The Morgan fingerprint density at radius 1 is 1.29 bits per heavy atom. The average Bonchev–Trinajstić information content (AvgIpc) is 2.90. The first kappa shape index (κ1) is 15.3. The van der Waals surface area contributed by atoms with Gasteiger partial charge in [-0.2, -0.15) is 0 Å². The molecule has 0 aliphatic rings. The van der Waals surface area contributed by atoms with Crippen LogP contribution in [0.2, 0.25) is 0 Å². The zero-order valence-corrected chi connectivity index (χ0v) is 12.7. The van der Waals surface area contributed by atoms with E-state index in [0.717, 1.165) is 22.6 Å². The molecule has 0 atom stereocenters. The summed E-state index contributed by atoms with van der Waals surface area (Å²) in [6.07, 6.45) is 0.722. The molecule has 0 saturated carbocycles. The van der Waals surface area contributed by atoms with Crippen molar-refractivity contribution in [1.82, 2.24) is 0 Å². The molecule has 8 heteroatoms. The molecule has 1 aromatic carbocycles. The molecule has 3 N–H and O–H groups in total. The fourth-order valence-corrected chi connectivity index (χ4v) is 4.05. The topological polar surface area (TPSA) is 104 Å². The molecule has 0 spiro atoms. The number of nitrogens with one attached hydrogen (secondary N) is 1. The van der Waals surface area contributed by atoms with E-state index in [1.165, 1.54) is 24.3 Å². The van der Waals surface area contributed by atoms with Gasteiger partial charge in [-0.25, -0.2) is 13.2 Å². The second kappa shape index (κ2) is 5.74. The number of hydrogen-bond donors (Lipinski definition) is 3. The summed E-state index contributed by atoms with van der Waals surface area (Å²) in [7, 11) is -3.85. The van der Waals surface area contributed by atoms with Gasteiger partial charge in [0.15, 0.2) is 5.75 Å². The summed E-state index contributed by atoms with van der Waals surface area (Å²) >= 11 is 1.13. The van der Waals surface area contributed by atoms with Gasteiger partial charge in [0, 0.05) is 4.88 Å². The van der Waals surface area contributed by atoms with Crippen LogP contribution < -0.4 is 4.72 Å². The minimum Gasteiger partial charge on any atom is -0.505 e. The number of aromatic hydroxyl groups is 1. The highest BCUT2D eigenvalue weighted by atomic mass is 32.2. The molecule has 0 aliphatic carbocycles. The van der Waals surface area contributed by atoms with Gasteiger partial charge in [-0.1, -0.05) is 13.0 Å². The monoisotopic (exact) mass is 327 g/mol. The molecule has 112 valence electrons. The van der Waals surface area contributed by atoms with Crippen molar-refractivity contribution >= 4 is 33.0 Å². The highest BCUT2D eigenvalue weighted by Crippen LogP contribution is 2.31. The summed E-state index contributed by atoms with van der Waals surface area (Å²) in [6, 6.07) is 7.03. The van der Waals surface area contributed by atoms with Crippen molar-refractivity contribution in [2.45, 2.75) is 17.6 Å². The lowest BCUT2D eigenvalue weighted by Gasteiger charge is -2.09. The van der Waals surface area contributed by atoms with Crippen molar-refractivity contribution in [2.75, 3.05) is 4.72 Å². The zero-order valence-electron chi connectivity index (χ0n) is 11.0. The Kier molecular flexibility index (Phi) is 4.19. The number of phenols is 1. The maximum Gasteiger partial charge on any atom is 0.339 e. The Morgan fingerprint density at radius 2 is 2.00 bits per heavy atom. The second-order valence-electron chi connectivity index (χ2n) is 4.19. The predicted octanol–water partition coefficient (Wildman–Crippen LogP) is 2.52. The van der Waals surface area contributed by atoms with E-state index in [0.29, 0.717) is 0 Å². The highest BCUT2D eigenvalue weighted by molar-refractivity contribution is 7.94. The summed E-state index contributed by atoms with van der Waals surface area (Å²) in [5, 5.41) is 18.7. The molecule has 2 rings (SSSR count). The Bertz CT molecular complexity index is 780. The van der Waals surface area contributed by atoms with E-state index < -0.39 is 21.7 Å². The van der Waals surface area contributed by atoms with Crippen LogP contribution in [-0.4, -0.2) is 24.6 Å². The van der Waals surface area contributed by atoms with Gasteiger partial charge in [0.05, 0.1) is 5.69 Å². The summed E-state index contributed by atoms with van der Waals surface area (Å²) in [4.78, 5) is 11.8. The van der Waals surface area contributed by atoms with Gasteiger partial charge >= 0.3 is 5.97 Å². The molecule has 0 radical (unpaired) electrons. The highest BCUT2D eigenvalue weighted by Gasteiger charge is 2.20. The van der Waals surface area contributed by atoms with E-state index in [4.69, 9.17) is 5.11 Å². The fourth-order valence-electron chi connectivity index (χ4n) is 1.69. The van der Waals surface area contributed by atoms with Gasteiger partial charge in [-0.05, 0) is 30.7 Å². The molecular formula is C13H13NO5S2. The van der Waals surface area contributed by atoms with Crippen molar-refractivity contribution in [1.29, 1.82) is 0 Å². The number of carboxylic acid groups (broad SMARTS) is 1. The molecule has 0 bridgehead atoms. The van der Waals surface area contributed by atoms with Crippen LogP contribution in [0.25, 0.3) is 0 Å². The maximum absolute atomic E-state index is 12.2. The lowest BCUT2D eigenvalue weighted by molar-refractivity contribution is 0.0694. The molecule has 6 nitrogen and oxygen atoms in total. The number of sulfonamides is 1. The number of anilines is 1. The van der Waals surface area contributed by atoms with Crippen LogP contribution in [0.4, 0.5) is 5.69 Å². The van der Waals surface area contributed by atoms with E-state index >= 15 is 0 Å². The molecule has 0 fully saturated rings. The lowest BCUT2D eigenvalue weighted by atomic mass is 10.2. The predicted molar refractivity (Wildman–Crippen MR) is 79.6 cm³/mol. The molecular weight excluding hydrogens is 314 g/mol. The van der Waals surface area contributed by atoms with E-state index in [-0.39, 0.29) is 15.5 Å². The minimum atomic E-state index is -3.85. The summed E-state index contributed by atoms with van der Waals surface area (Å²) in [5.74, 6) is -1.95. The lowest BCUT2D eigenvalue weighted by Crippen LogP contribution is -2.12. The smallest absolute Gasteiger partial charge is 0.339 e. The molecule has 1 aromatic heterocycles. The first-order valence-electron chi connectivity index (χ1n) is 6.02. The normalized spacial score (nSPS) is 11.3. The largest absolute Gasteiger partial charge is 0.505 e. The molecule has 1 heterocycles. The number of para-hydroxylation sites is 1. The number of benzene rings is 1. The van der Waals surface area contributed by atoms with Crippen LogP contribution in [-0.2, 0) is 16.4 Å². The third-order valence-electron chi connectivity index (χ3n) is 2.76. The van der Waals surface area contributed by atoms with Gasteiger partial charge in [0.1, 0.15) is 9.77 Å². The van der Waals surface area contributed by atoms with Crippen molar-refractivity contribution in [3.8, 4) is 5.75 Å². The molecule has 0 unspecified atom stereocenters. The Balaban J connectivity index is 2.37. The Morgan fingerprint density at radius 3 is 2.57 bits per heavy atom. The number of aryl methyl sites for hydroxylation is 1. The van der Waals surface area contributed by atoms with E-state index in [2.05, 4.69) is 4.72 Å². The zero-order chi connectivity index (χ0) is 15.6. The van der Waals surface area contributed by atoms with Gasteiger partial charge in [-0.3, -0.25) is 4.72 Å². The van der Waals surface area contributed by atoms with Crippen LogP contribution >= 0.6 is 11.3 Å². The van der Waals surface area contributed by atoms with Crippen LogP contribution in [0.1, 0.15) is 22.2 Å². The molecule has 0 saturated heterocycles. The van der Waals surface area contributed by atoms with Gasteiger partial charge in [0.2, 0.25) is 0 Å². The first-order valence-corrected chi connectivity index (χ1v) is 8.32. The van der Waals surface area contributed by atoms with Crippen LogP contribution in [0, 0.1) is 0 Å². The molecule has 21 heavy (non-hydrogen) atoms. The fraction of sp³-hybridized carbons (Fsp3) is 0.154. The van der Waals surface area contributed by atoms with Gasteiger partial charge in [0.25, 0.3) is 10.0 Å². The first-order chi connectivity index (χ1) is 9.85. The molecule has 0 amide bonds. The standard InChI is InChI=1S/C13H13NO5S2/c1-2-8-6-7-11(20-8)21(18,19)14-10-5-3-4-9(12(10)15)13(16)17/h3-7,14-15H,2H2,1H3,(H,16,17). The van der Waals surface area contributed by atoms with E-state index in [1.807, 2.05) is 6.92 Å². The van der Waals surface area contributed by atoms with Crippen LogP contribution in [0.15, 0.2) is 34.5 Å². The van der Waals surface area contributed by atoms with E-state index in [9.17, 15) is 18.3 Å². The van der Waals surface area contributed by atoms with Crippen LogP contribution in [0.3, 0.4) is 0 Å². The quantitative estimate of drug-likeness (QED) is 0.732. The Hall–Kier alpha value is -2.06. The summed E-state index contributed by atoms with van der Waals surface area (Å²) < 4.78 is 26.7. The third kappa shape index (κ3) is 3.17. The van der Waals surface area contributed by atoms with Gasteiger partial charge < -0.3 is 10.2 Å². The Labute approximate surface area is 125 Å². The summed E-state index contributed by atoms with van der Waals surface area (Å²) in [5.41, 5.74) is -0.531. The molecule has 2 aromatic rings. The van der Waals surface area contributed by atoms with Crippen molar-refractivity contribution in [3.63, 3.8) is 0 Å². The number of carboxylic acids is 1.